The van der Waals surface area contributed by atoms with E-state index >= 15 is 0 Å². The fourth-order valence-electron chi connectivity index (χ4n) is 1.53. The van der Waals surface area contributed by atoms with E-state index in [4.69, 9.17) is 0 Å². The predicted octanol–water partition coefficient (Wildman–Crippen LogP) is 1.75. The lowest BCUT2D eigenvalue weighted by Gasteiger charge is -2.33. The molecule has 0 aromatic carbocycles. The molecule has 1 aliphatic heterocycles. The van der Waals surface area contributed by atoms with Gasteiger partial charge in [-0.1, -0.05) is 6.92 Å². The Kier molecular flexibility index (Phi) is 4.09. The lowest BCUT2D eigenvalue weighted by molar-refractivity contribution is 0.186. The Hall–Kier alpha value is 0.650. The van der Waals surface area contributed by atoms with Gasteiger partial charge in [-0.15, -0.1) is 0 Å². The standard InChI is InChI=1S/C8H17IN2/c1-3-10(2)8-4-6-11(9)7-5-8/h8H,3-7H2,1-2H3. The third-order valence-corrected chi connectivity index (χ3v) is 3.50. The summed E-state index contributed by atoms with van der Waals surface area (Å²) in [7, 11) is 2.23. The number of nitrogens with zero attached hydrogens (tertiary/aromatic N) is 2. The molecule has 1 saturated heterocycles. The third kappa shape index (κ3) is 2.87. The third-order valence-electron chi connectivity index (χ3n) is 2.53. The van der Waals surface area contributed by atoms with Gasteiger partial charge in [0.25, 0.3) is 0 Å². The molecular formula is C8H17IN2. The summed E-state index contributed by atoms with van der Waals surface area (Å²) in [6, 6.07) is 0.839. The van der Waals surface area contributed by atoms with E-state index in [-0.39, 0.29) is 0 Å². The molecule has 1 fully saturated rings. The first-order valence-electron chi connectivity index (χ1n) is 4.35. The molecule has 1 rings (SSSR count). The van der Waals surface area contributed by atoms with E-state index in [1.165, 1.54) is 32.5 Å². The van der Waals surface area contributed by atoms with Gasteiger partial charge in [0.1, 0.15) is 0 Å². The molecule has 1 aliphatic rings. The molecule has 66 valence electrons. The van der Waals surface area contributed by atoms with Crippen LogP contribution in [0.4, 0.5) is 0 Å². The lowest BCUT2D eigenvalue weighted by Crippen LogP contribution is -2.39. The molecule has 2 nitrogen and oxygen atoms in total. The van der Waals surface area contributed by atoms with Crippen molar-refractivity contribution in [1.82, 2.24) is 8.01 Å². The van der Waals surface area contributed by atoms with Crippen LogP contribution in [0, 0.1) is 0 Å². The van der Waals surface area contributed by atoms with Gasteiger partial charge in [0.05, 0.1) is 0 Å². The summed E-state index contributed by atoms with van der Waals surface area (Å²) in [5.74, 6) is 0. The maximum atomic E-state index is 2.46. The van der Waals surface area contributed by atoms with Crippen molar-refractivity contribution < 1.29 is 0 Å². The SMILES string of the molecule is CCN(C)C1CCN(I)CC1. The first-order chi connectivity index (χ1) is 5.24. The summed E-state index contributed by atoms with van der Waals surface area (Å²) >= 11 is 2.42. The van der Waals surface area contributed by atoms with E-state index in [2.05, 4.69) is 44.8 Å². The molecule has 0 saturated carbocycles. The monoisotopic (exact) mass is 268 g/mol. The smallest absolute Gasteiger partial charge is 0.0201 e. The minimum absolute atomic E-state index is 0.839. The fraction of sp³-hybridized carbons (Fsp3) is 1.00. The molecule has 0 atom stereocenters. The summed E-state index contributed by atoms with van der Waals surface area (Å²) < 4.78 is 2.39. The second-order valence-electron chi connectivity index (χ2n) is 3.21. The molecule has 0 spiro atoms. The van der Waals surface area contributed by atoms with E-state index < -0.39 is 0 Å². The van der Waals surface area contributed by atoms with Crippen LogP contribution in [0.1, 0.15) is 19.8 Å². The normalized spacial score (nSPS) is 22.9. The minimum atomic E-state index is 0.839. The molecule has 0 N–H and O–H groups in total. The number of piperidine rings is 1. The summed E-state index contributed by atoms with van der Waals surface area (Å²) in [5, 5.41) is 0. The Bertz CT molecular complexity index is 111. The average molecular weight is 268 g/mol. The van der Waals surface area contributed by atoms with Crippen LogP contribution in [0.5, 0.6) is 0 Å². The van der Waals surface area contributed by atoms with E-state index in [9.17, 15) is 0 Å². The van der Waals surface area contributed by atoms with Gasteiger partial charge in [-0.05, 0) is 26.4 Å². The Labute approximate surface area is 83.4 Å². The van der Waals surface area contributed by atoms with E-state index in [0.717, 1.165) is 6.04 Å². The molecule has 0 radical (unpaired) electrons. The van der Waals surface area contributed by atoms with Crippen LogP contribution in [0.15, 0.2) is 0 Å². The van der Waals surface area contributed by atoms with E-state index in [0.29, 0.717) is 0 Å². The summed E-state index contributed by atoms with van der Waals surface area (Å²) in [5.41, 5.74) is 0. The van der Waals surface area contributed by atoms with Crippen LogP contribution in [0.2, 0.25) is 0 Å². The molecule has 0 amide bonds. The zero-order chi connectivity index (χ0) is 8.27. The van der Waals surface area contributed by atoms with E-state index in [1.807, 2.05) is 0 Å². The second-order valence-corrected chi connectivity index (χ2v) is 4.58. The van der Waals surface area contributed by atoms with Gasteiger partial charge in [-0.2, -0.15) is 0 Å². The molecule has 11 heavy (non-hydrogen) atoms. The van der Waals surface area contributed by atoms with Gasteiger partial charge in [-0.25, -0.2) is 3.11 Å². The highest BCUT2D eigenvalue weighted by molar-refractivity contribution is 14.1. The van der Waals surface area contributed by atoms with Crippen molar-refractivity contribution >= 4 is 22.9 Å². The van der Waals surface area contributed by atoms with Crippen LogP contribution in [0.25, 0.3) is 0 Å². The Morgan fingerprint density at radius 3 is 2.45 bits per heavy atom. The second kappa shape index (κ2) is 4.62. The van der Waals surface area contributed by atoms with Crippen LogP contribution < -0.4 is 0 Å². The maximum absolute atomic E-state index is 2.46. The molecule has 1 heterocycles. The molecule has 0 aromatic rings. The Morgan fingerprint density at radius 2 is 2.00 bits per heavy atom. The van der Waals surface area contributed by atoms with Gasteiger partial charge >= 0.3 is 0 Å². The van der Waals surface area contributed by atoms with E-state index in [1.54, 1.807) is 0 Å². The minimum Gasteiger partial charge on any atom is -0.304 e. The highest BCUT2D eigenvalue weighted by Gasteiger charge is 2.19. The highest BCUT2D eigenvalue weighted by atomic mass is 127. The first kappa shape index (κ1) is 9.74. The molecular weight excluding hydrogens is 251 g/mol. The molecule has 0 unspecified atom stereocenters. The Balaban J connectivity index is 2.27. The quantitative estimate of drug-likeness (QED) is 0.556. The largest absolute Gasteiger partial charge is 0.304 e. The fourth-order valence-corrected chi connectivity index (χ4v) is 2.09. The van der Waals surface area contributed by atoms with Gasteiger partial charge < -0.3 is 4.90 Å². The maximum Gasteiger partial charge on any atom is 0.0201 e. The van der Waals surface area contributed by atoms with Crippen molar-refractivity contribution in [2.24, 2.45) is 0 Å². The number of hydrogen-bond acceptors (Lipinski definition) is 2. The zero-order valence-electron chi connectivity index (χ0n) is 7.39. The first-order valence-corrected chi connectivity index (χ1v) is 5.31. The molecule has 0 bridgehead atoms. The highest BCUT2D eigenvalue weighted by Crippen LogP contribution is 2.17. The molecule has 0 aliphatic carbocycles. The number of halogens is 1. The van der Waals surface area contributed by atoms with Gasteiger partial charge in [0.2, 0.25) is 0 Å². The van der Waals surface area contributed by atoms with Crippen LogP contribution in [-0.2, 0) is 0 Å². The van der Waals surface area contributed by atoms with Crippen molar-refractivity contribution in [3.63, 3.8) is 0 Å². The summed E-state index contributed by atoms with van der Waals surface area (Å²) in [6.07, 6.45) is 2.68. The van der Waals surface area contributed by atoms with Gasteiger partial charge in [0.15, 0.2) is 0 Å². The molecule has 0 aromatic heterocycles. The lowest BCUT2D eigenvalue weighted by atomic mass is 10.1. The van der Waals surface area contributed by atoms with Gasteiger partial charge in [0, 0.05) is 42.0 Å². The summed E-state index contributed by atoms with van der Waals surface area (Å²) in [4.78, 5) is 2.46. The molecule has 3 heteroatoms. The van der Waals surface area contributed by atoms with Crippen molar-refractivity contribution in [3.05, 3.63) is 0 Å². The topological polar surface area (TPSA) is 6.48 Å². The number of rotatable bonds is 2. The van der Waals surface area contributed by atoms with Crippen molar-refractivity contribution in [2.45, 2.75) is 25.8 Å². The number of hydrogen-bond donors (Lipinski definition) is 0. The predicted molar refractivity (Wildman–Crippen MR) is 56.9 cm³/mol. The average Bonchev–Trinajstić information content (AvgIpc) is 2.05. The van der Waals surface area contributed by atoms with Crippen LogP contribution >= 0.6 is 22.9 Å². The van der Waals surface area contributed by atoms with Gasteiger partial charge in [-0.3, -0.25) is 0 Å². The zero-order valence-corrected chi connectivity index (χ0v) is 9.54. The van der Waals surface area contributed by atoms with Crippen molar-refractivity contribution in [1.29, 1.82) is 0 Å². The summed E-state index contributed by atoms with van der Waals surface area (Å²) in [6.45, 7) is 5.94. The van der Waals surface area contributed by atoms with Crippen molar-refractivity contribution in [3.8, 4) is 0 Å². The van der Waals surface area contributed by atoms with Crippen molar-refractivity contribution in [2.75, 3.05) is 26.7 Å². The Morgan fingerprint density at radius 1 is 1.45 bits per heavy atom. The van der Waals surface area contributed by atoms with Crippen LogP contribution in [0.3, 0.4) is 0 Å². The van der Waals surface area contributed by atoms with Crippen LogP contribution in [-0.4, -0.2) is 40.7 Å².